The van der Waals surface area contributed by atoms with Crippen LogP contribution in [0.3, 0.4) is 0 Å². The number of aromatic nitrogens is 1. The molecule has 5 heteroatoms. The van der Waals surface area contributed by atoms with Crippen LogP contribution in [0, 0.1) is 0 Å². The third kappa shape index (κ3) is 3.42. The molecule has 1 aromatic carbocycles. The first kappa shape index (κ1) is 14.1. The highest BCUT2D eigenvalue weighted by Gasteiger charge is 2.13. The van der Waals surface area contributed by atoms with Crippen molar-refractivity contribution in [2.24, 2.45) is 0 Å². The van der Waals surface area contributed by atoms with Gasteiger partial charge in [-0.05, 0) is 55.4 Å². The highest BCUT2D eigenvalue weighted by molar-refractivity contribution is 7.13. The number of amides is 1. The second kappa shape index (κ2) is 6.26. The van der Waals surface area contributed by atoms with Gasteiger partial charge >= 0.3 is 0 Å². The predicted octanol–water partition coefficient (Wildman–Crippen LogP) is 2.58. The summed E-state index contributed by atoms with van der Waals surface area (Å²) in [6.07, 6.45) is 5.17. The van der Waals surface area contributed by atoms with E-state index in [1.54, 1.807) is 0 Å². The largest absolute Gasteiger partial charge is 0.375 e. The van der Waals surface area contributed by atoms with Crippen LogP contribution in [0.4, 0.5) is 5.13 Å². The smallest absolute Gasteiger partial charge is 0.251 e. The highest BCUT2D eigenvalue weighted by atomic mass is 32.1. The van der Waals surface area contributed by atoms with Crippen molar-refractivity contribution in [2.75, 3.05) is 12.3 Å². The van der Waals surface area contributed by atoms with Gasteiger partial charge in [0.2, 0.25) is 0 Å². The zero-order chi connectivity index (χ0) is 14.7. The van der Waals surface area contributed by atoms with Gasteiger partial charge in [0.15, 0.2) is 5.13 Å². The number of benzene rings is 1. The van der Waals surface area contributed by atoms with Crippen LogP contribution in [0.25, 0.3) is 0 Å². The minimum Gasteiger partial charge on any atom is -0.375 e. The minimum absolute atomic E-state index is 0.0162. The molecule has 2 aromatic rings. The van der Waals surface area contributed by atoms with E-state index in [4.69, 9.17) is 5.73 Å². The molecule has 1 aliphatic rings. The van der Waals surface area contributed by atoms with E-state index in [2.05, 4.69) is 16.4 Å². The van der Waals surface area contributed by atoms with Crippen molar-refractivity contribution in [3.63, 3.8) is 0 Å². The predicted molar refractivity (Wildman–Crippen MR) is 85.6 cm³/mol. The number of hydrogen-bond donors (Lipinski definition) is 2. The minimum atomic E-state index is 0.0162. The fourth-order valence-electron chi connectivity index (χ4n) is 2.72. The van der Waals surface area contributed by atoms with Crippen LogP contribution in [0.15, 0.2) is 23.6 Å². The van der Waals surface area contributed by atoms with Gasteiger partial charge in [-0.1, -0.05) is 6.07 Å². The molecule has 1 amide bonds. The Balaban J connectivity index is 1.48. The number of rotatable bonds is 5. The highest BCUT2D eigenvalue weighted by Crippen LogP contribution is 2.22. The van der Waals surface area contributed by atoms with E-state index in [-0.39, 0.29) is 5.91 Å². The first-order valence-corrected chi connectivity index (χ1v) is 8.20. The third-order valence-corrected chi connectivity index (χ3v) is 4.55. The quantitative estimate of drug-likeness (QED) is 0.834. The van der Waals surface area contributed by atoms with Crippen LogP contribution >= 0.6 is 11.3 Å². The number of nitrogens with one attached hydrogen (secondary N) is 1. The Morgan fingerprint density at radius 2 is 2.19 bits per heavy atom. The summed E-state index contributed by atoms with van der Waals surface area (Å²) in [4.78, 5) is 16.3. The fraction of sp³-hybridized carbons (Fsp3) is 0.375. The molecule has 21 heavy (non-hydrogen) atoms. The SMILES string of the molecule is Nc1nc(CCCNC(=O)c2ccc3c(c2)CCC3)cs1. The summed E-state index contributed by atoms with van der Waals surface area (Å²) in [5, 5.41) is 5.55. The van der Waals surface area contributed by atoms with Crippen LogP contribution in [-0.4, -0.2) is 17.4 Å². The van der Waals surface area contributed by atoms with Gasteiger partial charge in [0.25, 0.3) is 5.91 Å². The maximum atomic E-state index is 12.1. The number of carbonyl (C=O) groups is 1. The van der Waals surface area contributed by atoms with Gasteiger partial charge in [0, 0.05) is 17.5 Å². The number of thiazole rings is 1. The zero-order valence-corrected chi connectivity index (χ0v) is 12.7. The Bertz CT molecular complexity index is 651. The second-order valence-electron chi connectivity index (χ2n) is 5.37. The average molecular weight is 301 g/mol. The summed E-state index contributed by atoms with van der Waals surface area (Å²) in [7, 11) is 0. The summed E-state index contributed by atoms with van der Waals surface area (Å²) in [6.45, 7) is 0.660. The van der Waals surface area contributed by atoms with Crippen molar-refractivity contribution in [3.8, 4) is 0 Å². The van der Waals surface area contributed by atoms with Crippen molar-refractivity contribution >= 4 is 22.4 Å². The molecule has 3 rings (SSSR count). The lowest BCUT2D eigenvalue weighted by Crippen LogP contribution is -2.24. The Morgan fingerprint density at radius 3 is 3.00 bits per heavy atom. The average Bonchev–Trinajstić information content (AvgIpc) is 3.11. The van der Waals surface area contributed by atoms with Gasteiger partial charge in [-0.15, -0.1) is 11.3 Å². The molecule has 0 saturated carbocycles. The summed E-state index contributed by atoms with van der Waals surface area (Å²) < 4.78 is 0. The normalized spacial score (nSPS) is 13.1. The van der Waals surface area contributed by atoms with E-state index in [0.29, 0.717) is 11.7 Å². The third-order valence-electron chi connectivity index (χ3n) is 3.83. The Hall–Kier alpha value is -1.88. The van der Waals surface area contributed by atoms with E-state index >= 15 is 0 Å². The Morgan fingerprint density at radius 1 is 1.33 bits per heavy atom. The molecule has 1 aromatic heterocycles. The number of nitrogens with two attached hydrogens (primary N) is 1. The van der Waals surface area contributed by atoms with E-state index in [9.17, 15) is 4.79 Å². The van der Waals surface area contributed by atoms with Gasteiger partial charge in [0.05, 0.1) is 5.69 Å². The van der Waals surface area contributed by atoms with E-state index in [0.717, 1.165) is 36.9 Å². The number of nitrogen functional groups attached to an aromatic ring is 1. The zero-order valence-electron chi connectivity index (χ0n) is 11.9. The first-order valence-electron chi connectivity index (χ1n) is 7.32. The van der Waals surface area contributed by atoms with Crippen molar-refractivity contribution in [1.29, 1.82) is 0 Å². The Labute approximate surface area is 128 Å². The van der Waals surface area contributed by atoms with Crippen LogP contribution in [-0.2, 0) is 19.3 Å². The van der Waals surface area contributed by atoms with E-state index < -0.39 is 0 Å². The number of hydrogen-bond acceptors (Lipinski definition) is 4. The molecule has 0 fully saturated rings. The number of carbonyl (C=O) groups excluding carboxylic acids is 1. The number of fused-ring (bicyclic) bond motifs is 1. The standard InChI is InChI=1S/C16H19N3OS/c17-16-19-14(10-21-16)5-2-8-18-15(20)13-7-6-11-3-1-4-12(11)9-13/h6-7,9-10H,1-5,8H2,(H2,17,19)(H,18,20). The van der Waals surface area contributed by atoms with Crippen LogP contribution < -0.4 is 11.1 Å². The van der Waals surface area contributed by atoms with Crippen molar-refractivity contribution < 1.29 is 4.79 Å². The summed E-state index contributed by atoms with van der Waals surface area (Å²) in [5.74, 6) is 0.0162. The number of anilines is 1. The molecule has 0 aliphatic heterocycles. The molecule has 0 spiro atoms. The monoisotopic (exact) mass is 301 g/mol. The first-order chi connectivity index (χ1) is 10.2. The van der Waals surface area contributed by atoms with Gasteiger partial charge in [-0.2, -0.15) is 0 Å². The summed E-state index contributed by atoms with van der Waals surface area (Å²) >= 11 is 1.46. The molecule has 3 N–H and O–H groups in total. The lowest BCUT2D eigenvalue weighted by Gasteiger charge is -2.06. The van der Waals surface area contributed by atoms with Gasteiger partial charge in [-0.25, -0.2) is 4.98 Å². The molecule has 1 aliphatic carbocycles. The topological polar surface area (TPSA) is 68.0 Å². The van der Waals surface area contributed by atoms with Crippen LogP contribution in [0.2, 0.25) is 0 Å². The maximum Gasteiger partial charge on any atom is 0.251 e. The summed E-state index contributed by atoms with van der Waals surface area (Å²) in [5.41, 5.74) is 10.1. The maximum absolute atomic E-state index is 12.1. The molecule has 0 saturated heterocycles. The van der Waals surface area contributed by atoms with Gasteiger partial charge in [0.1, 0.15) is 0 Å². The lowest BCUT2D eigenvalue weighted by atomic mass is 10.1. The van der Waals surface area contributed by atoms with Crippen molar-refractivity contribution in [2.45, 2.75) is 32.1 Å². The van der Waals surface area contributed by atoms with Gasteiger partial charge in [-0.3, -0.25) is 4.79 Å². The van der Waals surface area contributed by atoms with Crippen LogP contribution in [0.5, 0.6) is 0 Å². The van der Waals surface area contributed by atoms with E-state index in [1.165, 1.54) is 28.9 Å². The number of aryl methyl sites for hydroxylation is 3. The molecule has 0 atom stereocenters. The van der Waals surface area contributed by atoms with Crippen LogP contribution in [0.1, 0.15) is 40.0 Å². The second-order valence-corrected chi connectivity index (χ2v) is 6.26. The van der Waals surface area contributed by atoms with Gasteiger partial charge < -0.3 is 11.1 Å². The fourth-order valence-corrected chi connectivity index (χ4v) is 3.32. The molecule has 4 nitrogen and oxygen atoms in total. The molecular formula is C16H19N3OS. The molecule has 1 heterocycles. The Kier molecular flexibility index (Phi) is 4.20. The van der Waals surface area contributed by atoms with E-state index in [1.807, 2.05) is 17.5 Å². The summed E-state index contributed by atoms with van der Waals surface area (Å²) in [6, 6.07) is 6.06. The molecule has 0 radical (unpaired) electrons. The lowest BCUT2D eigenvalue weighted by molar-refractivity contribution is 0.0953. The van der Waals surface area contributed by atoms with Crippen molar-refractivity contribution in [1.82, 2.24) is 10.3 Å². The number of nitrogens with zero attached hydrogens (tertiary/aromatic N) is 1. The molecular weight excluding hydrogens is 282 g/mol. The molecule has 110 valence electrons. The molecule has 0 bridgehead atoms. The molecule has 0 unspecified atom stereocenters. The van der Waals surface area contributed by atoms with Crippen molar-refractivity contribution in [3.05, 3.63) is 46.0 Å².